The van der Waals surface area contributed by atoms with Gasteiger partial charge in [-0.2, -0.15) is 0 Å². The summed E-state index contributed by atoms with van der Waals surface area (Å²) in [7, 11) is 0. The Labute approximate surface area is 72.2 Å². The first-order valence-corrected chi connectivity index (χ1v) is 4.39. The average molecular weight is 159 g/mol. The van der Waals surface area contributed by atoms with Crippen molar-refractivity contribution in [3.8, 4) is 0 Å². The lowest BCUT2D eigenvalue weighted by atomic mass is 10.1. The zero-order chi connectivity index (χ0) is 8.39. The van der Waals surface area contributed by atoms with E-state index < -0.39 is 0 Å². The molecule has 0 radical (unpaired) electrons. The summed E-state index contributed by atoms with van der Waals surface area (Å²) in [4.78, 5) is 0. The van der Waals surface area contributed by atoms with Crippen molar-refractivity contribution in [3.63, 3.8) is 0 Å². The smallest absolute Gasteiger partial charge is 0.0178 e. The van der Waals surface area contributed by atoms with Gasteiger partial charge in [-0.05, 0) is 28.8 Å². The monoisotopic (exact) mass is 159 g/mol. The fourth-order valence-electron chi connectivity index (χ4n) is 1.59. The Hall–Kier alpha value is -1.08. The van der Waals surface area contributed by atoms with Gasteiger partial charge in [0.1, 0.15) is 0 Å². The van der Waals surface area contributed by atoms with Gasteiger partial charge in [-0.25, -0.2) is 0 Å². The van der Waals surface area contributed by atoms with Crippen LogP contribution in [0.1, 0.15) is 18.4 Å². The van der Waals surface area contributed by atoms with Crippen LogP contribution in [0.15, 0.2) is 18.2 Å². The first-order valence-electron chi connectivity index (χ1n) is 4.39. The van der Waals surface area contributed by atoms with Crippen molar-refractivity contribution < 1.29 is 0 Å². The minimum absolute atomic E-state index is 0.640. The molecule has 2 N–H and O–H groups in total. The fraction of sp³-hybridized carbons (Fsp3) is 0.273. The summed E-state index contributed by atoms with van der Waals surface area (Å²) in [6, 6.07) is 6.45. The van der Waals surface area contributed by atoms with Crippen molar-refractivity contribution in [2.75, 3.05) is 0 Å². The van der Waals surface area contributed by atoms with Gasteiger partial charge in [0.15, 0.2) is 0 Å². The number of nitrogens with two attached hydrogens (primary N) is 1. The minimum atomic E-state index is 0.640. The van der Waals surface area contributed by atoms with E-state index in [1.54, 1.807) is 0 Å². The molecule has 0 aliphatic heterocycles. The molecule has 2 rings (SSSR count). The Bertz CT molecular complexity index is 390. The van der Waals surface area contributed by atoms with E-state index in [-0.39, 0.29) is 0 Å². The van der Waals surface area contributed by atoms with Crippen LogP contribution >= 0.6 is 0 Å². The summed E-state index contributed by atoms with van der Waals surface area (Å²) in [5.41, 5.74) is 6.78. The molecular weight excluding hydrogens is 146 g/mol. The molecule has 0 amide bonds. The first-order chi connectivity index (χ1) is 5.90. The Morgan fingerprint density at radius 1 is 1.08 bits per heavy atom. The van der Waals surface area contributed by atoms with E-state index >= 15 is 0 Å². The second kappa shape index (κ2) is 3.11. The molecule has 0 heterocycles. The van der Waals surface area contributed by atoms with E-state index in [0.29, 0.717) is 6.54 Å². The van der Waals surface area contributed by atoms with Gasteiger partial charge in [-0.15, -0.1) is 0 Å². The van der Waals surface area contributed by atoms with E-state index in [0.717, 1.165) is 0 Å². The van der Waals surface area contributed by atoms with Crippen molar-refractivity contribution in [1.82, 2.24) is 0 Å². The standard InChI is InChI=1S/C11H13N/c12-8-9-5-6-10-3-1-2-4-11(10)7-9/h3-7H,1-2,8,12H2. The van der Waals surface area contributed by atoms with Gasteiger partial charge in [0.05, 0.1) is 0 Å². The SMILES string of the molecule is NCc1ccc2c(c1)=CCCC=2. The average Bonchev–Trinajstić information content (AvgIpc) is 2.17. The second-order valence-electron chi connectivity index (χ2n) is 3.15. The maximum Gasteiger partial charge on any atom is 0.0178 e. The quantitative estimate of drug-likeness (QED) is 0.634. The molecule has 0 atom stereocenters. The molecule has 0 unspecified atom stereocenters. The summed E-state index contributed by atoms with van der Waals surface area (Å²) in [5, 5.41) is 2.71. The largest absolute Gasteiger partial charge is 0.326 e. The lowest BCUT2D eigenvalue weighted by Crippen LogP contribution is -2.27. The third-order valence-corrected chi connectivity index (χ3v) is 2.28. The van der Waals surface area contributed by atoms with Gasteiger partial charge in [0.2, 0.25) is 0 Å². The third-order valence-electron chi connectivity index (χ3n) is 2.28. The molecular formula is C11H13N. The topological polar surface area (TPSA) is 26.0 Å². The zero-order valence-corrected chi connectivity index (χ0v) is 7.09. The molecule has 0 spiro atoms. The highest BCUT2D eigenvalue weighted by molar-refractivity contribution is 5.39. The lowest BCUT2D eigenvalue weighted by Gasteiger charge is -2.01. The van der Waals surface area contributed by atoms with Crippen LogP contribution in [-0.2, 0) is 6.54 Å². The molecule has 1 aromatic rings. The highest BCUT2D eigenvalue weighted by Crippen LogP contribution is 1.96. The van der Waals surface area contributed by atoms with Crippen LogP contribution in [0.3, 0.4) is 0 Å². The van der Waals surface area contributed by atoms with Crippen molar-refractivity contribution in [2.24, 2.45) is 5.73 Å². The summed E-state index contributed by atoms with van der Waals surface area (Å²) >= 11 is 0. The Morgan fingerprint density at radius 3 is 2.58 bits per heavy atom. The maximum absolute atomic E-state index is 5.56. The van der Waals surface area contributed by atoms with Crippen LogP contribution in [0.2, 0.25) is 0 Å². The highest BCUT2D eigenvalue weighted by Gasteiger charge is 1.93. The molecule has 1 heteroatoms. The van der Waals surface area contributed by atoms with Crippen molar-refractivity contribution in [3.05, 3.63) is 34.2 Å². The lowest BCUT2D eigenvalue weighted by molar-refractivity contribution is 1.05. The zero-order valence-electron chi connectivity index (χ0n) is 7.09. The van der Waals surface area contributed by atoms with Crippen molar-refractivity contribution in [2.45, 2.75) is 19.4 Å². The van der Waals surface area contributed by atoms with Gasteiger partial charge >= 0.3 is 0 Å². The number of hydrogen-bond acceptors (Lipinski definition) is 1. The predicted molar refractivity (Wildman–Crippen MR) is 51.7 cm³/mol. The molecule has 1 aliphatic rings. The van der Waals surface area contributed by atoms with Gasteiger partial charge in [0, 0.05) is 6.54 Å². The molecule has 0 saturated carbocycles. The van der Waals surface area contributed by atoms with Crippen molar-refractivity contribution >= 4 is 12.2 Å². The number of hydrogen-bond donors (Lipinski definition) is 1. The number of rotatable bonds is 1. The Kier molecular flexibility index (Phi) is 1.96. The summed E-state index contributed by atoms with van der Waals surface area (Å²) in [6.45, 7) is 0.640. The summed E-state index contributed by atoms with van der Waals surface area (Å²) < 4.78 is 0. The summed E-state index contributed by atoms with van der Waals surface area (Å²) in [5.74, 6) is 0. The molecule has 0 fully saturated rings. The third kappa shape index (κ3) is 1.28. The van der Waals surface area contributed by atoms with Crippen LogP contribution in [0.4, 0.5) is 0 Å². The second-order valence-corrected chi connectivity index (χ2v) is 3.15. The minimum Gasteiger partial charge on any atom is -0.326 e. The van der Waals surface area contributed by atoms with Gasteiger partial charge < -0.3 is 5.73 Å². The van der Waals surface area contributed by atoms with Crippen LogP contribution < -0.4 is 16.2 Å². The predicted octanol–water partition coefficient (Wildman–Crippen LogP) is 0.500. The number of fused-ring (bicyclic) bond motifs is 1. The summed E-state index contributed by atoms with van der Waals surface area (Å²) in [6.07, 6.45) is 6.92. The van der Waals surface area contributed by atoms with Crippen LogP contribution in [0.5, 0.6) is 0 Å². The molecule has 1 aromatic carbocycles. The fourth-order valence-corrected chi connectivity index (χ4v) is 1.59. The Morgan fingerprint density at radius 2 is 1.83 bits per heavy atom. The first kappa shape index (κ1) is 7.56. The van der Waals surface area contributed by atoms with Gasteiger partial charge in [-0.3, -0.25) is 0 Å². The van der Waals surface area contributed by atoms with E-state index in [4.69, 9.17) is 5.73 Å². The van der Waals surface area contributed by atoms with Crippen molar-refractivity contribution in [1.29, 1.82) is 0 Å². The van der Waals surface area contributed by atoms with E-state index in [2.05, 4.69) is 30.4 Å². The van der Waals surface area contributed by atoms with E-state index in [9.17, 15) is 0 Å². The maximum atomic E-state index is 5.56. The van der Waals surface area contributed by atoms with E-state index in [1.165, 1.54) is 28.8 Å². The molecule has 0 bridgehead atoms. The molecule has 62 valence electrons. The highest BCUT2D eigenvalue weighted by atomic mass is 14.5. The molecule has 12 heavy (non-hydrogen) atoms. The molecule has 1 nitrogen and oxygen atoms in total. The van der Waals surface area contributed by atoms with Crippen LogP contribution in [-0.4, -0.2) is 0 Å². The normalized spacial score (nSPS) is 14.4. The van der Waals surface area contributed by atoms with E-state index in [1.807, 2.05) is 0 Å². The Balaban J connectivity index is 2.65. The van der Waals surface area contributed by atoms with Crippen LogP contribution in [0.25, 0.3) is 12.2 Å². The molecule has 0 saturated heterocycles. The van der Waals surface area contributed by atoms with Gasteiger partial charge in [-0.1, -0.05) is 30.4 Å². The van der Waals surface area contributed by atoms with Crippen LogP contribution in [0, 0.1) is 0 Å². The molecule has 0 aromatic heterocycles. The van der Waals surface area contributed by atoms with Gasteiger partial charge in [0.25, 0.3) is 0 Å². The molecule has 1 aliphatic carbocycles. The number of benzene rings is 1.